The molecule has 1 saturated heterocycles. The van der Waals surface area contributed by atoms with Crippen molar-refractivity contribution in [2.24, 2.45) is 5.92 Å². The van der Waals surface area contributed by atoms with Crippen LogP contribution in [0.4, 0.5) is 0 Å². The van der Waals surface area contributed by atoms with Crippen molar-refractivity contribution in [3.63, 3.8) is 0 Å². The molecule has 12 heavy (non-hydrogen) atoms. The predicted octanol–water partition coefficient (Wildman–Crippen LogP) is 2.01. The Bertz CT molecular complexity index is 174. The number of halogens is 2. The average molecular weight is 299 g/mol. The van der Waals surface area contributed by atoms with Gasteiger partial charge in [0.2, 0.25) is 5.91 Å². The lowest BCUT2D eigenvalue weighted by molar-refractivity contribution is -0.129. The summed E-state index contributed by atoms with van der Waals surface area (Å²) in [4.78, 5) is 13.4. The van der Waals surface area contributed by atoms with Crippen LogP contribution < -0.4 is 0 Å². The van der Waals surface area contributed by atoms with E-state index in [0.29, 0.717) is 10.7 Å². The van der Waals surface area contributed by atoms with Crippen molar-refractivity contribution in [2.45, 2.75) is 18.2 Å². The van der Waals surface area contributed by atoms with Crippen molar-refractivity contribution in [3.8, 4) is 0 Å². The number of hydrogen-bond acceptors (Lipinski definition) is 1. The highest BCUT2D eigenvalue weighted by Crippen LogP contribution is 2.25. The second-order valence-corrected chi connectivity index (χ2v) is 5.01. The highest BCUT2D eigenvalue weighted by molar-refractivity contribution is 9.10. The van der Waals surface area contributed by atoms with Gasteiger partial charge in [0.15, 0.2) is 0 Å². The largest absolute Gasteiger partial charge is 0.342 e. The number of piperidine rings is 1. The van der Waals surface area contributed by atoms with Crippen LogP contribution in [0.2, 0.25) is 0 Å². The fourth-order valence-electron chi connectivity index (χ4n) is 1.41. The van der Waals surface area contributed by atoms with Crippen molar-refractivity contribution in [3.05, 3.63) is 0 Å². The van der Waals surface area contributed by atoms with E-state index in [4.69, 9.17) is 0 Å². The number of carbonyl (C=O) groups is 1. The molecule has 1 aliphatic rings. The van der Waals surface area contributed by atoms with Crippen LogP contribution in [0.15, 0.2) is 0 Å². The molecule has 2 nitrogen and oxygen atoms in total. The quantitative estimate of drug-likeness (QED) is 0.678. The molecule has 0 radical (unpaired) electrons. The van der Waals surface area contributed by atoms with Crippen LogP contribution in [0.25, 0.3) is 0 Å². The molecule has 0 saturated carbocycles. The van der Waals surface area contributed by atoms with E-state index in [0.717, 1.165) is 24.8 Å². The van der Waals surface area contributed by atoms with Gasteiger partial charge in [0.25, 0.3) is 0 Å². The molecular weight excluding hydrogens is 286 g/mol. The van der Waals surface area contributed by atoms with Gasteiger partial charge in [0, 0.05) is 30.2 Å². The summed E-state index contributed by atoms with van der Waals surface area (Å²) in [7, 11) is 0. The van der Waals surface area contributed by atoms with Crippen LogP contribution in [0.5, 0.6) is 0 Å². The molecule has 0 aromatic carbocycles. The second kappa shape index (κ2) is 4.61. The first kappa shape index (κ1) is 10.5. The molecule has 1 fully saturated rings. The molecule has 0 aliphatic carbocycles. The number of carbonyl (C=O) groups excluding carboxylic acids is 1. The van der Waals surface area contributed by atoms with Gasteiger partial charge >= 0.3 is 0 Å². The van der Waals surface area contributed by atoms with Gasteiger partial charge < -0.3 is 4.90 Å². The highest BCUT2D eigenvalue weighted by Gasteiger charge is 2.27. The molecule has 1 rings (SSSR count). The Morgan fingerprint density at radius 1 is 1.67 bits per heavy atom. The zero-order valence-electron chi connectivity index (χ0n) is 7.09. The van der Waals surface area contributed by atoms with Gasteiger partial charge in [-0.15, -0.1) is 0 Å². The van der Waals surface area contributed by atoms with Gasteiger partial charge in [-0.3, -0.25) is 4.79 Å². The molecule has 0 aromatic heterocycles. The summed E-state index contributed by atoms with van der Waals surface area (Å²) in [5.74, 6) is 0.855. The monoisotopic (exact) mass is 297 g/mol. The van der Waals surface area contributed by atoms with E-state index in [9.17, 15) is 4.79 Å². The van der Waals surface area contributed by atoms with Gasteiger partial charge in [-0.1, -0.05) is 31.9 Å². The molecule has 0 spiro atoms. The van der Waals surface area contributed by atoms with Crippen molar-refractivity contribution in [2.75, 3.05) is 18.4 Å². The lowest BCUT2D eigenvalue weighted by Gasteiger charge is -2.34. The highest BCUT2D eigenvalue weighted by atomic mass is 79.9. The van der Waals surface area contributed by atoms with Crippen LogP contribution in [0, 0.1) is 5.92 Å². The molecule has 4 heteroatoms. The topological polar surface area (TPSA) is 20.3 Å². The van der Waals surface area contributed by atoms with E-state index < -0.39 is 0 Å². The molecule has 70 valence electrons. The van der Waals surface area contributed by atoms with Gasteiger partial charge in [-0.2, -0.15) is 0 Å². The van der Waals surface area contributed by atoms with Crippen LogP contribution in [0.3, 0.4) is 0 Å². The van der Waals surface area contributed by atoms with Crippen LogP contribution in [-0.4, -0.2) is 34.1 Å². The first-order valence-electron chi connectivity index (χ1n) is 4.10. The number of amides is 1. The molecule has 0 bridgehead atoms. The Balaban J connectivity index is 2.46. The lowest BCUT2D eigenvalue weighted by Crippen LogP contribution is -2.43. The van der Waals surface area contributed by atoms with Crippen molar-refractivity contribution in [1.82, 2.24) is 4.90 Å². The maximum Gasteiger partial charge on any atom is 0.219 e. The summed E-state index contributed by atoms with van der Waals surface area (Å²) in [5, 5.41) is 1.02. The zero-order chi connectivity index (χ0) is 9.14. The maximum atomic E-state index is 11.0. The minimum atomic E-state index is 0.187. The number of rotatable bonds is 1. The number of hydrogen-bond donors (Lipinski definition) is 0. The van der Waals surface area contributed by atoms with Crippen LogP contribution >= 0.6 is 31.9 Å². The predicted molar refractivity (Wildman–Crippen MR) is 56.9 cm³/mol. The van der Waals surface area contributed by atoms with Gasteiger partial charge in [-0.25, -0.2) is 0 Å². The lowest BCUT2D eigenvalue weighted by atomic mass is 9.99. The van der Waals surface area contributed by atoms with Crippen molar-refractivity contribution in [1.29, 1.82) is 0 Å². The minimum absolute atomic E-state index is 0.187. The first-order chi connectivity index (χ1) is 5.65. The Hall–Kier alpha value is 0.430. The summed E-state index contributed by atoms with van der Waals surface area (Å²) in [6.07, 6.45) is 1.10. The average Bonchev–Trinajstić information content (AvgIpc) is 2.04. The number of nitrogens with zero attached hydrogens (tertiary/aromatic N) is 1. The number of likely N-dealkylation sites (tertiary alicyclic amines) is 1. The van der Waals surface area contributed by atoms with Crippen molar-refractivity contribution >= 4 is 37.8 Å². The van der Waals surface area contributed by atoms with E-state index in [2.05, 4.69) is 31.9 Å². The van der Waals surface area contributed by atoms with E-state index in [1.54, 1.807) is 6.92 Å². The standard InChI is InChI=1S/C8H13Br2NO/c1-6(12)11-3-2-7(4-9)8(10)5-11/h7-8H,2-5H2,1H3. The van der Waals surface area contributed by atoms with E-state index >= 15 is 0 Å². The SMILES string of the molecule is CC(=O)N1CCC(CBr)C(Br)C1. The first-order valence-corrected chi connectivity index (χ1v) is 6.14. The molecule has 0 aromatic rings. The molecular formula is C8H13Br2NO. The number of alkyl halides is 2. The third-order valence-corrected chi connectivity index (χ3v) is 4.19. The molecule has 1 aliphatic heterocycles. The van der Waals surface area contributed by atoms with E-state index in [1.165, 1.54) is 0 Å². The van der Waals surface area contributed by atoms with Crippen molar-refractivity contribution < 1.29 is 4.79 Å². The summed E-state index contributed by atoms with van der Waals surface area (Å²) in [5.41, 5.74) is 0. The normalized spacial score (nSPS) is 30.4. The van der Waals surface area contributed by atoms with Crippen LogP contribution in [0.1, 0.15) is 13.3 Å². The molecule has 2 unspecified atom stereocenters. The molecule has 1 amide bonds. The fraction of sp³-hybridized carbons (Fsp3) is 0.875. The van der Waals surface area contributed by atoms with E-state index in [1.807, 2.05) is 4.90 Å². The Morgan fingerprint density at radius 2 is 2.33 bits per heavy atom. The van der Waals surface area contributed by atoms with Gasteiger partial charge in [-0.05, 0) is 12.3 Å². The third-order valence-electron chi connectivity index (χ3n) is 2.32. The van der Waals surface area contributed by atoms with Crippen LogP contribution in [-0.2, 0) is 4.79 Å². The smallest absolute Gasteiger partial charge is 0.219 e. The van der Waals surface area contributed by atoms with Gasteiger partial charge in [0.05, 0.1) is 0 Å². The van der Waals surface area contributed by atoms with Gasteiger partial charge in [0.1, 0.15) is 0 Å². The third kappa shape index (κ3) is 2.46. The Kier molecular flexibility index (Phi) is 4.03. The Labute approximate surface area is 89.9 Å². The fourth-order valence-corrected chi connectivity index (χ4v) is 3.49. The summed E-state index contributed by atoms with van der Waals surface area (Å²) < 4.78 is 0. The summed E-state index contributed by atoms with van der Waals surface area (Å²) in [6.45, 7) is 3.40. The maximum absolute atomic E-state index is 11.0. The summed E-state index contributed by atoms with van der Waals surface area (Å²) >= 11 is 7.07. The molecule has 1 heterocycles. The molecule has 0 N–H and O–H groups in total. The second-order valence-electron chi connectivity index (χ2n) is 3.18. The zero-order valence-corrected chi connectivity index (χ0v) is 10.3. The molecule has 2 atom stereocenters. The Morgan fingerprint density at radius 3 is 2.75 bits per heavy atom. The summed E-state index contributed by atoms with van der Waals surface area (Å²) in [6, 6.07) is 0. The minimum Gasteiger partial charge on any atom is -0.342 e. The van der Waals surface area contributed by atoms with E-state index in [-0.39, 0.29) is 5.91 Å².